The molecule has 3 aromatic rings. The first kappa shape index (κ1) is 12.3. The van der Waals surface area contributed by atoms with Gasteiger partial charge in [0, 0.05) is 17.1 Å². The Morgan fingerprint density at radius 2 is 1.80 bits per heavy atom. The summed E-state index contributed by atoms with van der Waals surface area (Å²) in [5.74, 6) is -0.611. The molecule has 20 heavy (non-hydrogen) atoms. The maximum absolute atomic E-state index is 13.5. The van der Waals surface area contributed by atoms with Gasteiger partial charge in [-0.15, -0.1) is 0 Å². The molecule has 0 saturated carbocycles. The Bertz CT molecular complexity index is 787. The molecule has 100 valence electrons. The van der Waals surface area contributed by atoms with Gasteiger partial charge >= 0.3 is 0 Å². The Morgan fingerprint density at radius 1 is 0.950 bits per heavy atom. The van der Waals surface area contributed by atoms with Crippen LogP contribution in [0.25, 0.3) is 10.9 Å². The molecule has 0 bridgehead atoms. The first-order valence-corrected chi connectivity index (χ1v) is 6.00. The van der Waals surface area contributed by atoms with E-state index < -0.39 is 11.6 Å². The average molecular weight is 271 g/mol. The third kappa shape index (κ3) is 2.38. The predicted molar refractivity (Wildman–Crippen MR) is 75.8 cm³/mol. The fourth-order valence-corrected chi connectivity index (χ4v) is 1.94. The second kappa shape index (κ2) is 4.77. The third-order valence-electron chi connectivity index (χ3n) is 2.90. The van der Waals surface area contributed by atoms with Gasteiger partial charge in [-0.05, 0) is 42.5 Å². The van der Waals surface area contributed by atoms with Crippen LogP contribution in [0.1, 0.15) is 0 Å². The van der Waals surface area contributed by atoms with Gasteiger partial charge < -0.3 is 11.1 Å². The third-order valence-corrected chi connectivity index (χ3v) is 2.90. The summed E-state index contributed by atoms with van der Waals surface area (Å²) in [5, 5.41) is 3.65. The number of nitrogens with zero attached hydrogens (tertiary/aromatic N) is 1. The van der Waals surface area contributed by atoms with Crippen molar-refractivity contribution in [1.29, 1.82) is 0 Å². The van der Waals surface area contributed by atoms with E-state index in [2.05, 4.69) is 10.3 Å². The summed E-state index contributed by atoms with van der Waals surface area (Å²) in [6.45, 7) is 0. The van der Waals surface area contributed by atoms with Gasteiger partial charge in [0.05, 0.1) is 11.2 Å². The molecule has 3 N–H and O–H groups in total. The number of fused-ring (bicyclic) bond motifs is 1. The molecule has 0 aliphatic heterocycles. The van der Waals surface area contributed by atoms with E-state index in [9.17, 15) is 8.78 Å². The molecular weight excluding hydrogens is 260 g/mol. The van der Waals surface area contributed by atoms with Crippen LogP contribution in [0, 0.1) is 11.6 Å². The van der Waals surface area contributed by atoms with Crippen LogP contribution in [-0.2, 0) is 0 Å². The van der Waals surface area contributed by atoms with Gasteiger partial charge in [-0.3, -0.25) is 0 Å². The molecule has 5 heteroatoms. The lowest BCUT2D eigenvalue weighted by Gasteiger charge is -2.08. The van der Waals surface area contributed by atoms with Crippen molar-refractivity contribution in [3.05, 3.63) is 60.2 Å². The number of aromatic nitrogens is 1. The first-order valence-electron chi connectivity index (χ1n) is 6.00. The van der Waals surface area contributed by atoms with E-state index in [1.807, 2.05) is 6.07 Å². The Hall–Kier alpha value is -2.69. The van der Waals surface area contributed by atoms with Crippen molar-refractivity contribution < 1.29 is 8.78 Å². The predicted octanol–water partition coefficient (Wildman–Crippen LogP) is 3.84. The summed E-state index contributed by atoms with van der Waals surface area (Å²) in [5.41, 5.74) is 7.11. The average Bonchev–Trinajstić information content (AvgIpc) is 2.43. The van der Waals surface area contributed by atoms with Crippen LogP contribution in [0.15, 0.2) is 48.5 Å². The van der Waals surface area contributed by atoms with Crippen molar-refractivity contribution in [2.45, 2.75) is 0 Å². The highest BCUT2D eigenvalue weighted by Crippen LogP contribution is 2.22. The molecule has 0 atom stereocenters. The van der Waals surface area contributed by atoms with Gasteiger partial charge in [-0.1, -0.05) is 0 Å². The summed E-state index contributed by atoms with van der Waals surface area (Å²) >= 11 is 0. The molecule has 0 spiro atoms. The quantitative estimate of drug-likeness (QED) is 0.696. The monoisotopic (exact) mass is 271 g/mol. The number of hydrogen-bond donors (Lipinski definition) is 2. The zero-order valence-corrected chi connectivity index (χ0v) is 10.4. The number of benzene rings is 2. The maximum Gasteiger partial charge on any atom is 0.146 e. The molecule has 1 heterocycles. The number of pyridine rings is 1. The van der Waals surface area contributed by atoms with Crippen LogP contribution in [-0.4, -0.2) is 4.98 Å². The number of halogens is 2. The zero-order valence-electron chi connectivity index (χ0n) is 10.4. The molecule has 0 amide bonds. The summed E-state index contributed by atoms with van der Waals surface area (Å²) in [6, 6.07) is 12.0. The zero-order chi connectivity index (χ0) is 14.1. The molecule has 0 aliphatic carbocycles. The number of hydrogen-bond acceptors (Lipinski definition) is 3. The highest BCUT2D eigenvalue weighted by Gasteiger charge is 2.05. The van der Waals surface area contributed by atoms with Crippen molar-refractivity contribution in [2.75, 3.05) is 11.1 Å². The van der Waals surface area contributed by atoms with Crippen LogP contribution in [0.3, 0.4) is 0 Å². The summed E-state index contributed by atoms with van der Waals surface area (Å²) in [4.78, 5) is 4.33. The van der Waals surface area contributed by atoms with Crippen molar-refractivity contribution >= 4 is 28.1 Å². The summed E-state index contributed by atoms with van der Waals surface area (Å²) < 4.78 is 26.7. The first-order chi connectivity index (χ1) is 9.61. The van der Waals surface area contributed by atoms with E-state index in [1.165, 1.54) is 0 Å². The van der Waals surface area contributed by atoms with Crippen molar-refractivity contribution in [1.82, 2.24) is 4.98 Å². The molecule has 3 rings (SSSR count). The topological polar surface area (TPSA) is 50.9 Å². The Balaban J connectivity index is 1.98. The fraction of sp³-hybridized carbons (Fsp3) is 0. The maximum atomic E-state index is 13.5. The lowest BCUT2D eigenvalue weighted by atomic mass is 10.2. The summed E-state index contributed by atoms with van der Waals surface area (Å²) in [6.07, 6.45) is 0. The van der Waals surface area contributed by atoms with Crippen molar-refractivity contribution in [3.8, 4) is 0 Å². The number of nitrogen functional groups attached to an aromatic ring is 1. The molecule has 0 fully saturated rings. The van der Waals surface area contributed by atoms with Gasteiger partial charge in [0.15, 0.2) is 0 Å². The van der Waals surface area contributed by atoms with E-state index in [0.29, 0.717) is 11.5 Å². The SMILES string of the molecule is Nc1ccc2nc(Nc3cc(F)ccc3F)ccc2c1. The lowest BCUT2D eigenvalue weighted by Crippen LogP contribution is -1.97. The Morgan fingerprint density at radius 3 is 2.65 bits per heavy atom. The number of rotatable bonds is 2. The van der Waals surface area contributed by atoms with Crippen molar-refractivity contribution in [3.63, 3.8) is 0 Å². The van der Waals surface area contributed by atoms with Gasteiger partial charge in [-0.2, -0.15) is 0 Å². The number of nitrogens with one attached hydrogen (secondary N) is 1. The standard InChI is InChI=1S/C15H11F2N3/c16-10-2-4-12(17)14(8-10)20-15-6-1-9-7-11(18)3-5-13(9)19-15/h1-8H,18H2,(H,19,20). The van der Waals surface area contributed by atoms with E-state index in [1.54, 1.807) is 24.3 Å². The minimum absolute atomic E-state index is 0.0484. The van der Waals surface area contributed by atoms with Crippen LogP contribution in [0.4, 0.5) is 26.0 Å². The van der Waals surface area contributed by atoms with E-state index in [0.717, 1.165) is 29.1 Å². The normalized spacial score (nSPS) is 10.7. The minimum atomic E-state index is -0.536. The highest BCUT2D eigenvalue weighted by molar-refractivity contribution is 5.83. The number of nitrogens with two attached hydrogens (primary N) is 1. The van der Waals surface area contributed by atoms with E-state index >= 15 is 0 Å². The van der Waals surface area contributed by atoms with Crippen LogP contribution in [0.5, 0.6) is 0 Å². The molecular formula is C15H11F2N3. The molecule has 0 unspecified atom stereocenters. The Kier molecular flexibility index (Phi) is 2.95. The van der Waals surface area contributed by atoms with Crippen LogP contribution < -0.4 is 11.1 Å². The molecule has 1 aromatic heterocycles. The highest BCUT2D eigenvalue weighted by atomic mass is 19.1. The van der Waals surface area contributed by atoms with E-state index in [4.69, 9.17) is 5.73 Å². The largest absolute Gasteiger partial charge is 0.399 e. The van der Waals surface area contributed by atoms with E-state index in [-0.39, 0.29) is 5.69 Å². The second-order valence-corrected chi connectivity index (χ2v) is 4.40. The second-order valence-electron chi connectivity index (χ2n) is 4.40. The van der Waals surface area contributed by atoms with Gasteiger partial charge in [0.1, 0.15) is 17.5 Å². The van der Waals surface area contributed by atoms with Crippen molar-refractivity contribution in [2.24, 2.45) is 0 Å². The molecule has 2 aromatic carbocycles. The number of anilines is 3. The van der Waals surface area contributed by atoms with Gasteiger partial charge in [-0.25, -0.2) is 13.8 Å². The molecule has 3 nitrogen and oxygen atoms in total. The molecule has 0 saturated heterocycles. The summed E-state index contributed by atoms with van der Waals surface area (Å²) in [7, 11) is 0. The lowest BCUT2D eigenvalue weighted by molar-refractivity contribution is 0.603. The van der Waals surface area contributed by atoms with Crippen LogP contribution >= 0.6 is 0 Å². The Labute approximate surface area is 114 Å². The fourth-order valence-electron chi connectivity index (χ4n) is 1.94. The van der Waals surface area contributed by atoms with Gasteiger partial charge in [0.2, 0.25) is 0 Å². The van der Waals surface area contributed by atoms with Gasteiger partial charge in [0.25, 0.3) is 0 Å². The molecule has 0 aliphatic rings. The smallest absolute Gasteiger partial charge is 0.146 e. The molecule has 0 radical (unpaired) electrons. The minimum Gasteiger partial charge on any atom is -0.399 e. The van der Waals surface area contributed by atoms with Crippen LogP contribution in [0.2, 0.25) is 0 Å².